The molecule has 50 heavy (non-hydrogen) atoms. The van der Waals surface area contributed by atoms with Gasteiger partial charge in [-0.3, -0.25) is 14.2 Å². The number of carbonyl (C=O) groups is 2. The Morgan fingerprint density at radius 2 is 0.980 bits per heavy atom. The molecule has 0 unspecified atom stereocenters. The second-order valence-corrected chi connectivity index (χ2v) is 14.7. The lowest BCUT2D eigenvalue weighted by atomic mass is 10.0. The van der Waals surface area contributed by atoms with Crippen molar-refractivity contribution in [1.29, 1.82) is 0 Å². The van der Waals surface area contributed by atoms with E-state index in [9.17, 15) is 14.4 Å². The monoisotopic (exact) mass is 695 g/mol. The Balaban J connectivity index is 1.31. The first-order chi connectivity index (χ1) is 24.6. The number of hydrogen-bond donors (Lipinski definition) is 2. The molecular weight excluding hydrogens is 624 g/mol. The van der Waals surface area contributed by atoms with Crippen LogP contribution in [0.25, 0.3) is 11.4 Å². The van der Waals surface area contributed by atoms with Gasteiger partial charge in [-0.15, -0.1) is 0 Å². The minimum Gasteiger partial charge on any atom is -0.330 e. The standard InChI is InChI=1S/C41H70N6O3/c1-3-5-7-9-11-13-15-16-17-18-19-20-22-24-26-28-30-32-36(49)47-40-38(45-41(47)50)37-39(42-33-43-40)46(34-44-37)35(48)31-29-27-25-23-21-14-12-10-8-6-4-2/h33-34H,3-32H2,1-2H3,(H,42,43)(H,45,50). The molecular formula is C41H70N6O3. The van der Waals surface area contributed by atoms with Crippen molar-refractivity contribution < 1.29 is 9.59 Å². The highest BCUT2D eigenvalue weighted by Crippen LogP contribution is 2.34. The number of aromatic amines is 1. The third-order valence-corrected chi connectivity index (χ3v) is 10.3. The van der Waals surface area contributed by atoms with Crippen LogP contribution < -0.4 is 11.0 Å². The zero-order valence-corrected chi connectivity index (χ0v) is 31.9. The van der Waals surface area contributed by atoms with E-state index in [1.54, 1.807) is 0 Å². The van der Waals surface area contributed by atoms with Crippen LogP contribution in [0.15, 0.2) is 16.1 Å². The molecule has 0 spiro atoms. The number of nitrogens with one attached hydrogen (secondary N) is 2. The summed E-state index contributed by atoms with van der Waals surface area (Å²) >= 11 is 0. The fourth-order valence-electron chi connectivity index (χ4n) is 7.13. The molecule has 0 aromatic carbocycles. The van der Waals surface area contributed by atoms with E-state index in [2.05, 4.69) is 34.1 Å². The molecule has 0 fully saturated rings. The summed E-state index contributed by atoms with van der Waals surface area (Å²) in [7, 11) is 0. The van der Waals surface area contributed by atoms with Crippen LogP contribution in [0.3, 0.4) is 0 Å². The zero-order valence-electron chi connectivity index (χ0n) is 31.9. The van der Waals surface area contributed by atoms with Crippen LogP contribution in [0, 0.1) is 0 Å². The maximum atomic E-state index is 13.2. The first kappa shape index (κ1) is 41.5. The number of H-pyrrole nitrogens is 1. The second-order valence-electron chi connectivity index (χ2n) is 14.7. The molecule has 9 heteroatoms. The third-order valence-electron chi connectivity index (χ3n) is 10.3. The van der Waals surface area contributed by atoms with Crippen LogP contribution >= 0.6 is 0 Å². The number of aliphatic imine (C=N–C) groups is 1. The van der Waals surface area contributed by atoms with Crippen molar-refractivity contribution >= 4 is 29.8 Å². The van der Waals surface area contributed by atoms with Crippen LogP contribution in [0.4, 0.5) is 11.6 Å². The van der Waals surface area contributed by atoms with Gasteiger partial charge in [0, 0.05) is 12.8 Å². The van der Waals surface area contributed by atoms with Crippen molar-refractivity contribution in [2.75, 3.05) is 5.32 Å². The average Bonchev–Trinajstić information content (AvgIpc) is 3.63. The largest absolute Gasteiger partial charge is 0.334 e. The molecule has 0 amide bonds. The summed E-state index contributed by atoms with van der Waals surface area (Å²) in [4.78, 5) is 50.8. The molecule has 3 rings (SSSR count). The Morgan fingerprint density at radius 3 is 1.42 bits per heavy atom. The van der Waals surface area contributed by atoms with E-state index in [-0.39, 0.29) is 11.8 Å². The van der Waals surface area contributed by atoms with Crippen LogP contribution in [-0.4, -0.2) is 37.3 Å². The lowest BCUT2D eigenvalue weighted by Gasteiger charge is -2.06. The predicted octanol–water partition coefficient (Wildman–Crippen LogP) is 12.1. The molecule has 0 radical (unpaired) electrons. The van der Waals surface area contributed by atoms with Gasteiger partial charge in [0.15, 0.2) is 5.82 Å². The van der Waals surface area contributed by atoms with Crippen LogP contribution in [-0.2, 0) is 0 Å². The molecule has 2 N–H and O–H groups in total. The highest BCUT2D eigenvalue weighted by molar-refractivity contribution is 5.96. The highest BCUT2D eigenvalue weighted by atomic mass is 16.2. The lowest BCUT2D eigenvalue weighted by molar-refractivity contribution is 0.0890. The van der Waals surface area contributed by atoms with Crippen molar-refractivity contribution in [1.82, 2.24) is 19.1 Å². The summed E-state index contributed by atoms with van der Waals surface area (Å²) in [6.07, 6.45) is 39.0. The molecule has 1 aliphatic rings. The molecule has 2 aromatic heterocycles. The van der Waals surface area contributed by atoms with Gasteiger partial charge in [-0.1, -0.05) is 181 Å². The van der Waals surface area contributed by atoms with Crippen LogP contribution in [0.2, 0.25) is 0 Å². The van der Waals surface area contributed by atoms with E-state index >= 15 is 0 Å². The Kier molecular flexibility index (Phi) is 21.5. The van der Waals surface area contributed by atoms with E-state index in [0.717, 1.165) is 43.1 Å². The van der Waals surface area contributed by atoms with Gasteiger partial charge in [0.05, 0.1) is 6.34 Å². The molecule has 1 aliphatic heterocycles. The van der Waals surface area contributed by atoms with E-state index < -0.39 is 5.69 Å². The molecule has 0 bridgehead atoms. The van der Waals surface area contributed by atoms with E-state index in [4.69, 9.17) is 0 Å². The summed E-state index contributed by atoms with van der Waals surface area (Å²) in [5.41, 5.74) is 0.289. The van der Waals surface area contributed by atoms with Gasteiger partial charge in [-0.05, 0) is 12.8 Å². The van der Waals surface area contributed by atoms with Gasteiger partial charge < -0.3 is 10.3 Å². The summed E-state index contributed by atoms with van der Waals surface area (Å²) in [6.45, 7) is 4.52. The van der Waals surface area contributed by atoms with Gasteiger partial charge in [0.25, 0.3) is 0 Å². The Hall–Kier alpha value is -2.97. The van der Waals surface area contributed by atoms with Crippen molar-refractivity contribution in [3.63, 3.8) is 0 Å². The Bertz CT molecular complexity index is 1310. The first-order valence-electron chi connectivity index (χ1n) is 20.9. The van der Waals surface area contributed by atoms with Crippen molar-refractivity contribution in [3.8, 4) is 11.4 Å². The van der Waals surface area contributed by atoms with Crippen LogP contribution in [0.1, 0.15) is 216 Å². The number of unbranched alkanes of at least 4 members (excludes halogenated alkanes) is 26. The van der Waals surface area contributed by atoms with E-state index in [1.807, 2.05) is 0 Å². The quantitative estimate of drug-likeness (QED) is 0.0790. The van der Waals surface area contributed by atoms with Crippen molar-refractivity contribution in [2.45, 2.75) is 206 Å². The highest BCUT2D eigenvalue weighted by Gasteiger charge is 2.27. The first-order valence-corrected chi connectivity index (χ1v) is 20.9. The van der Waals surface area contributed by atoms with Gasteiger partial charge in [0.1, 0.15) is 23.5 Å². The predicted molar refractivity (Wildman–Crippen MR) is 209 cm³/mol. The smallest absolute Gasteiger partial charge is 0.330 e. The zero-order chi connectivity index (χ0) is 35.7. The minimum absolute atomic E-state index is 0.0630. The second kappa shape index (κ2) is 25.9. The van der Waals surface area contributed by atoms with Gasteiger partial charge in [0.2, 0.25) is 11.8 Å². The van der Waals surface area contributed by atoms with Crippen molar-refractivity contribution in [3.05, 3.63) is 16.8 Å². The SMILES string of the molecule is CCCCCCCCCCCCCCCCCCCC(=O)n1c2c([nH]c1=O)-c1ncn(C(=O)CCCCCCCCCCCCC)c1N=CN2. The number of rotatable bonds is 30. The fraction of sp³-hybridized carbons (Fsp3) is 0.780. The Morgan fingerprint density at radius 1 is 0.580 bits per heavy atom. The molecule has 0 aliphatic carbocycles. The van der Waals surface area contributed by atoms with Gasteiger partial charge in [-0.2, -0.15) is 0 Å². The molecule has 9 nitrogen and oxygen atoms in total. The summed E-state index contributed by atoms with van der Waals surface area (Å²) in [5, 5.41) is 3.00. The number of fused-ring (bicyclic) bond motifs is 3. The van der Waals surface area contributed by atoms with Crippen molar-refractivity contribution in [2.24, 2.45) is 4.99 Å². The van der Waals surface area contributed by atoms with E-state index in [1.165, 1.54) is 158 Å². The number of carbonyl (C=O) groups excluding carboxylic acids is 2. The van der Waals surface area contributed by atoms with Gasteiger partial charge >= 0.3 is 5.69 Å². The molecule has 282 valence electrons. The normalized spacial score (nSPS) is 12.1. The van der Waals surface area contributed by atoms with Gasteiger partial charge in [-0.25, -0.2) is 19.3 Å². The maximum Gasteiger partial charge on any atom is 0.334 e. The van der Waals surface area contributed by atoms with E-state index in [0.29, 0.717) is 35.9 Å². The molecule has 0 saturated heterocycles. The summed E-state index contributed by atoms with van der Waals surface area (Å²) in [6, 6.07) is 0. The topological polar surface area (TPSA) is 114 Å². The lowest BCUT2D eigenvalue weighted by Crippen LogP contribution is -2.25. The number of imidazole rings is 2. The number of nitrogens with zero attached hydrogens (tertiary/aromatic N) is 4. The molecule has 0 saturated carbocycles. The summed E-state index contributed by atoms with van der Waals surface area (Å²) < 4.78 is 2.63. The Labute approximate surface area is 302 Å². The molecule has 0 atom stereocenters. The maximum absolute atomic E-state index is 13.2. The minimum atomic E-state index is -0.498. The number of aromatic nitrogens is 4. The number of hydrogen-bond acceptors (Lipinski definition) is 6. The molecule has 2 aromatic rings. The fourth-order valence-corrected chi connectivity index (χ4v) is 7.13. The molecule has 3 heterocycles. The summed E-state index contributed by atoms with van der Waals surface area (Å²) in [5.74, 6) is 0.396. The third kappa shape index (κ3) is 15.1. The van der Waals surface area contributed by atoms with Crippen LogP contribution in [0.5, 0.6) is 0 Å². The number of anilines is 1. The average molecular weight is 695 g/mol.